The standard InChI is InChI=1S/C9H9N3O2/c1-14-8(13)4-2-3-7-5-11-9(10)12-6-7/h5-6H,4H2,1H3,(H2,10,11,12). The van der Waals surface area contributed by atoms with E-state index >= 15 is 0 Å². The summed E-state index contributed by atoms with van der Waals surface area (Å²) in [5.41, 5.74) is 5.89. The van der Waals surface area contributed by atoms with Crippen LogP contribution in [0, 0.1) is 11.8 Å². The van der Waals surface area contributed by atoms with Crippen LogP contribution in [0.5, 0.6) is 0 Å². The summed E-state index contributed by atoms with van der Waals surface area (Å²) >= 11 is 0. The van der Waals surface area contributed by atoms with Crippen molar-refractivity contribution in [3.05, 3.63) is 18.0 Å². The fraction of sp³-hybridized carbons (Fsp3) is 0.222. The predicted molar refractivity (Wildman–Crippen MR) is 50.0 cm³/mol. The van der Waals surface area contributed by atoms with Gasteiger partial charge in [0.2, 0.25) is 5.95 Å². The molecule has 0 fully saturated rings. The Balaban J connectivity index is 2.59. The van der Waals surface area contributed by atoms with Crippen molar-refractivity contribution in [2.24, 2.45) is 0 Å². The molecule has 0 aliphatic rings. The Morgan fingerprint density at radius 1 is 1.57 bits per heavy atom. The SMILES string of the molecule is COC(=O)CC#Cc1cnc(N)nc1. The van der Waals surface area contributed by atoms with Crippen molar-refractivity contribution in [1.29, 1.82) is 0 Å². The van der Waals surface area contributed by atoms with Gasteiger partial charge in [0.1, 0.15) is 6.42 Å². The molecule has 0 atom stereocenters. The van der Waals surface area contributed by atoms with E-state index in [1.807, 2.05) is 0 Å². The van der Waals surface area contributed by atoms with Crippen molar-refractivity contribution in [2.75, 3.05) is 12.8 Å². The smallest absolute Gasteiger partial charge is 0.317 e. The summed E-state index contributed by atoms with van der Waals surface area (Å²) in [6.45, 7) is 0. The second-order valence-corrected chi connectivity index (χ2v) is 2.38. The first kappa shape index (κ1) is 9.99. The molecule has 0 saturated heterocycles. The van der Waals surface area contributed by atoms with Gasteiger partial charge >= 0.3 is 5.97 Å². The first-order chi connectivity index (χ1) is 6.72. The van der Waals surface area contributed by atoms with Crippen LogP contribution in [0.4, 0.5) is 5.95 Å². The number of ether oxygens (including phenoxy) is 1. The number of hydrogen-bond donors (Lipinski definition) is 1. The van der Waals surface area contributed by atoms with E-state index in [2.05, 4.69) is 26.5 Å². The van der Waals surface area contributed by atoms with Crippen LogP contribution >= 0.6 is 0 Å². The number of nitrogen functional groups attached to an aromatic ring is 1. The highest BCUT2D eigenvalue weighted by molar-refractivity contribution is 5.72. The minimum atomic E-state index is -0.367. The number of methoxy groups -OCH3 is 1. The van der Waals surface area contributed by atoms with Gasteiger partial charge in [-0.1, -0.05) is 11.8 Å². The van der Waals surface area contributed by atoms with Crippen LogP contribution < -0.4 is 5.73 Å². The number of esters is 1. The van der Waals surface area contributed by atoms with Crippen LogP contribution in [0.1, 0.15) is 12.0 Å². The maximum atomic E-state index is 10.7. The number of nitrogens with zero attached hydrogens (tertiary/aromatic N) is 2. The van der Waals surface area contributed by atoms with Crippen molar-refractivity contribution in [3.8, 4) is 11.8 Å². The maximum Gasteiger partial charge on any atom is 0.317 e. The van der Waals surface area contributed by atoms with Crippen LogP contribution in [0.15, 0.2) is 12.4 Å². The molecular weight excluding hydrogens is 182 g/mol. The molecule has 1 heterocycles. The molecule has 72 valence electrons. The summed E-state index contributed by atoms with van der Waals surface area (Å²) in [5, 5.41) is 0. The second kappa shape index (κ2) is 4.82. The Labute approximate surface area is 81.3 Å². The van der Waals surface area contributed by atoms with Gasteiger partial charge in [-0.15, -0.1) is 0 Å². The number of hydrogen-bond acceptors (Lipinski definition) is 5. The third-order valence-corrected chi connectivity index (χ3v) is 1.36. The first-order valence-corrected chi connectivity index (χ1v) is 3.85. The van der Waals surface area contributed by atoms with E-state index in [-0.39, 0.29) is 18.3 Å². The molecule has 14 heavy (non-hydrogen) atoms. The molecule has 1 aromatic rings. The highest BCUT2D eigenvalue weighted by Crippen LogP contribution is 1.94. The molecule has 0 aliphatic heterocycles. The van der Waals surface area contributed by atoms with Crippen LogP contribution in [-0.2, 0) is 9.53 Å². The van der Waals surface area contributed by atoms with Gasteiger partial charge in [-0.05, 0) is 0 Å². The van der Waals surface area contributed by atoms with E-state index in [0.717, 1.165) is 0 Å². The zero-order chi connectivity index (χ0) is 10.4. The molecule has 2 N–H and O–H groups in total. The topological polar surface area (TPSA) is 78.1 Å². The fourth-order valence-corrected chi connectivity index (χ4v) is 0.693. The van der Waals surface area contributed by atoms with Gasteiger partial charge in [0.15, 0.2) is 0 Å². The summed E-state index contributed by atoms with van der Waals surface area (Å²) in [5.74, 6) is 5.16. The van der Waals surface area contributed by atoms with E-state index in [0.29, 0.717) is 5.56 Å². The largest absolute Gasteiger partial charge is 0.468 e. The van der Waals surface area contributed by atoms with Gasteiger partial charge in [0.05, 0.1) is 12.7 Å². The van der Waals surface area contributed by atoms with Crippen molar-refractivity contribution in [1.82, 2.24) is 9.97 Å². The van der Waals surface area contributed by atoms with Crippen molar-refractivity contribution in [2.45, 2.75) is 6.42 Å². The Morgan fingerprint density at radius 3 is 2.79 bits per heavy atom. The van der Waals surface area contributed by atoms with Crippen molar-refractivity contribution < 1.29 is 9.53 Å². The maximum absolute atomic E-state index is 10.7. The highest BCUT2D eigenvalue weighted by atomic mass is 16.5. The molecule has 1 aromatic heterocycles. The van der Waals surface area contributed by atoms with Gasteiger partial charge in [0.25, 0.3) is 0 Å². The summed E-state index contributed by atoms with van der Waals surface area (Å²) in [7, 11) is 1.32. The zero-order valence-electron chi connectivity index (χ0n) is 7.65. The Morgan fingerprint density at radius 2 is 2.21 bits per heavy atom. The minimum absolute atomic E-state index is 0.0564. The third kappa shape index (κ3) is 3.11. The monoisotopic (exact) mass is 191 g/mol. The lowest BCUT2D eigenvalue weighted by atomic mass is 10.3. The zero-order valence-corrected chi connectivity index (χ0v) is 7.65. The quantitative estimate of drug-likeness (QED) is 0.498. The average Bonchev–Trinajstić information content (AvgIpc) is 2.21. The molecular formula is C9H9N3O2. The third-order valence-electron chi connectivity index (χ3n) is 1.36. The first-order valence-electron chi connectivity index (χ1n) is 3.85. The molecule has 0 aliphatic carbocycles. The van der Waals surface area contributed by atoms with E-state index in [1.165, 1.54) is 19.5 Å². The Bertz CT molecular complexity index is 375. The van der Waals surface area contributed by atoms with Gasteiger partial charge in [-0.25, -0.2) is 9.97 Å². The molecule has 0 spiro atoms. The molecule has 0 saturated carbocycles. The minimum Gasteiger partial charge on any atom is -0.468 e. The number of anilines is 1. The molecule has 0 aromatic carbocycles. The molecule has 0 amide bonds. The van der Waals surface area contributed by atoms with E-state index < -0.39 is 0 Å². The van der Waals surface area contributed by atoms with Gasteiger partial charge in [0, 0.05) is 12.4 Å². The van der Waals surface area contributed by atoms with Crippen LogP contribution in [0.3, 0.4) is 0 Å². The number of carbonyl (C=O) groups excluding carboxylic acids is 1. The van der Waals surface area contributed by atoms with Crippen LogP contribution in [0.2, 0.25) is 0 Å². The lowest BCUT2D eigenvalue weighted by Gasteiger charge is -1.91. The normalized spacial score (nSPS) is 8.64. The van der Waals surface area contributed by atoms with E-state index in [9.17, 15) is 4.79 Å². The van der Waals surface area contributed by atoms with Crippen molar-refractivity contribution in [3.63, 3.8) is 0 Å². The average molecular weight is 191 g/mol. The summed E-state index contributed by atoms with van der Waals surface area (Å²) in [4.78, 5) is 18.2. The number of carbonyl (C=O) groups is 1. The fourth-order valence-electron chi connectivity index (χ4n) is 0.693. The summed E-state index contributed by atoms with van der Waals surface area (Å²) in [6.07, 6.45) is 3.04. The number of nitrogens with two attached hydrogens (primary N) is 1. The molecule has 0 bridgehead atoms. The van der Waals surface area contributed by atoms with Crippen LogP contribution in [-0.4, -0.2) is 23.0 Å². The van der Waals surface area contributed by atoms with Crippen LogP contribution in [0.25, 0.3) is 0 Å². The molecule has 5 heteroatoms. The van der Waals surface area contributed by atoms with Gasteiger partial charge in [-0.2, -0.15) is 0 Å². The van der Waals surface area contributed by atoms with E-state index in [4.69, 9.17) is 5.73 Å². The lowest BCUT2D eigenvalue weighted by molar-refractivity contribution is -0.139. The highest BCUT2D eigenvalue weighted by Gasteiger charge is 1.94. The van der Waals surface area contributed by atoms with Gasteiger partial charge in [-0.3, -0.25) is 4.79 Å². The molecule has 0 unspecified atom stereocenters. The second-order valence-electron chi connectivity index (χ2n) is 2.38. The Hall–Kier alpha value is -2.09. The molecule has 5 nitrogen and oxygen atoms in total. The predicted octanol–water partition coefficient (Wildman–Crippen LogP) is -0.0266. The Kier molecular flexibility index (Phi) is 3.44. The van der Waals surface area contributed by atoms with Crippen molar-refractivity contribution >= 4 is 11.9 Å². The lowest BCUT2D eigenvalue weighted by Crippen LogP contribution is -1.97. The summed E-state index contributed by atoms with van der Waals surface area (Å²) < 4.78 is 4.41. The van der Waals surface area contributed by atoms with E-state index in [1.54, 1.807) is 0 Å². The number of aromatic nitrogens is 2. The molecule has 1 rings (SSSR count). The molecule has 0 radical (unpaired) electrons. The summed E-state index contributed by atoms with van der Waals surface area (Å²) in [6, 6.07) is 0. The number of rotatable bonds is 1. The van der Waals surface area contributed by atoms with Gasteiger partial charge < -0.3 is 10.5 Å².